The molecule has 0 bridgehead atoms. The van der Waals surface area contributed by atoms with Crippen LogP contribution in [0.1, 0.15) is 6.92 Å². The van der Waals surface area contributed by atoms with Crippen LogP contribution in [-0.4, -0.2) is 58.3 Å². The van der Waals surface area contributed by atoms with Crippen molar-refractivity contribution in [3.63, 3.8) is 0 Å². The highest BCUT2D eigenvalue weighted by atomic mass is 127. The first-order valence-corrected chi connectivity index (χ1v) is 9.10. The van der Waals surface area contributed by atoms with Crippen molar-refractivity contribution in [3.05, 3.63) is 29.3 Å². The lowest BCUT2D eigenvalue weighted by molar-refractivity contribution is 0.0748. The summed E-state index contributed by atoms with van der Waals surface area (Å²) in [5, 5.41) is 7.30. The third-order valence-electron chi connectivity index (χ3n) is 2.76. The molecule has 0 aliphatic heterocycles. The van der Waals surface area contributed by atoms with Gasteiger partial charge in [0.25, 0.3) is 0 Å². The Morgan fingerprint density at radius 3 is 2.58 bits per heavy atom. The SMILES string of the molecule is CCNC(=NCCOCCOC)NCCSc1ccc(Cl)cc1.I. The van der Waals surface area contributed by atoms with Crippen LogP contribution in [0.25, 0.3) is 0 Å². The minimum absolute atomic E-state index is 0. The maximum Gasteiger partial charge on any atom is 0.191 e. The summed E-state index contributed by atoms with van der Waals surface area (Å²) in [6.45, 7) is 6.17. The zero-order valence-electron chi connectivity index (χ0n) is 14.2. The monoisotopic (exact) mass is 487 g/mol. The van der Waals surface area contributed by atoms with Crippen LogP contribution >= 0.6 is 47.3 Å². The van der Waals surface area contributed by atoms with E-state index in [1.807, 2.05) is 24.3 Å². The lowest BCUT2D eigenvalue weighted by Gasteiger charge is -2.11. The van der Waals surface area contributed by atoms with Gasteiger partial charge in [-0.25, -0.2) is 0 Å². The van der Waals surface area contributed by atoms with Crippen LogP contribution in [0, 0.1) is 0 Å². The lowest BCUT2D eigenvalue weighted by Crippen LogP contribution is -2.38. The molecule has 0 saturated heterocycles. The first-order valence-electron chi connectivity index (χ1n) is 7.73. The average Bonchev–Trinajstić information content (AvgIpc) is 2.56. The number of methoxy groups -OCH3 is 1. The molecule has 0 aromatic heterocycles. The number of benzene rings is 1. The summed E-state index contributed by atoms with van der Waals surface area (Å²) >= 11 is 7.66. The van der Waals surface area contributed by atoms with Crippen LogP contribution < -0.4 is 10.6 Å². The predicted octanol–water partition coefficient (Wildman–Crippen LogP) is 3.27. The van der Waals surface area contributed by atoms with E-state index in [0.29, 0.717) is 26.4 Å². The third kappa shape index (κ3) is 12.2. The van der Waals surface area contributed by atoms with E-state index in [9.17, 15) is 0 Å². The standard InChI is InChI=1S/C16H26ClN3O2S.HI/c1-3-18-16(19-8-10-22-12-11-21-2)20-9-13-23-15-6-4-14(17)5-7-15;/h4-7H,3,8-13H2,1-2H3,(H2,18,19,20);1H. The molecule has 0 aliphatic rings. The zero-order chi connectivity index (χ0) is 16.8. The predicted molar refractivity (Wildman–Crippen MR) is 114 cm³/mol. The van der Waals surface area contributed by atoms with Crippen LogP contribution in [0.4, 0.5) is 0 Å². The van der Waals surface area contributed by atoms with E-state index in [2.05, 4.69) is 22.5 Å². The summed E-state index contributed by atoms with van der Waals surface area (Å²) in [5.74, 6) is 1.77. The van der Waals surface area contributed by atoms with Gasteiger partial charge in [-0.15, -0.1) is 35.7 Å². The minimum atomic E-state index is 0. The van der Waals surface area contributed by atoms with Gasteiger partial charge in [-0.3, -0.25) is 4.99 Å². The van der Waals surface area contributed by atoms with Crippen molar-refractivity contribution < 1.29 is 9.47 Å². The molecule has 0 radical (unpaired) electrons. The minimum Gasteiger partial charge on any atom is -0.382 e. The topological polar surface area (TPSA) is 54.9 Å². The number of thioether (sulfide) groups is 1. The molecule has 0 spiro atoms. The average molecular weight is 488 g/mol. The normalized spacial score (nSPS) is 11.0. The molecule has 1 aromatic rings. The van der Waals surface area contributed by atoms with E-state index >= 15 is 0 Å². The van der Waals surface area contributed by atoms with Gasteiger partial charge in [-0.1, -0.05) is 11.6 Å². The molecule has 5 nitrogen and oxygen atoms in total. The molecule has 0 saturated carbocycles. The molecule has 2 N–H and O–H groups in total. The Morgan fingerprint density at radius 1 is 1.17 bits per heavy atom. The van der Waals surface area contributed by atoms with Gasteiger partial charge in [-0.05, 0) is 31.2 Å². The number of rotatable bonds is 11. The molecule has 0 atom stereocenters. The van der Waals surface area contributed by atoms with Crippen LogP contribution in [0.5, 0.6) is 0 Å². The molecule has 1 aromatic carbocycles. The summed E-state index contributed by atoms with van der Waals surface area (Å²) in [6.07, 6.45) is 0. The number of nitrogens with one attached hydrogen (secondary N) is 2. The molecule has 24 heavy (non-hydrogen) atoms. The summed E-state index contributed by atoms with van der Waals surface area (Å²) < 4.78 is 10.3. The fourth-order valence-electron chi connectivity index (χ4n) is 1.68. The van der Waals surface area contributed by atoms with Crippen molar-refractivity contribution in [2.45, 2.75) is 11.8 Å². The van der Waals surface area contributed by atoms with Gasteiger partial charge < -0.3 is 20.1 Å². The molecular weight excluding hydrogens is 461 g/mol. The van der Waals surface area contributed by atoms with E-state index in [-0.39, 0.29) is 24.0 Å². The molecule has 8 heteroatoms. The van der Waals surface area contributed by atoms with E-state index < -0.39 is 0 Å². The second-order valence-corrected chi connectivity index (χ2v) is 6.20. The van der Waals surface area contributed by atoms with E-state index in [1.165, 1.54) is 4.90 Å². The Kier molecular flexibility index (Phi) is 16.1. The number of aliphatic imine (C=N–C) groups is 1. The molecule has 0 unspecified atom stereocenters. The molecule has 138 valence electrons. The Balaban J connectivity index is 0.00000529. The smallest absolute Gasteiger partial charge is 0.191 e. The van der Waals surface area contributed by atoms with Crippen molar-refractivity contribution in [3.8, 4) is 0 Å². The Bertz CT molecular complexity index is 449. The molecule has 0 aliphatic carbocycles. The quantitative estimate of drug-likeness (QED) is 0.165. The van der Waals surface area contributed by atoms with Gasteiger partial charge in [-0.2, -0.15) is 0 Å². The molecule has 0 amide bonds. The van der Waals surface area contributed by atoms with Gasteiger partial charge in [0.2, 0.25) is 0 Å². The van der Waals surface area contributed by atoms with E-state index in [1.54, 1.807) is 18.9 Å². The summed E-state index contributed by atoms with van der Waals surface area (Å²) in [4.78, 5) is 5.68. The lowest BCUT2D eigenvalue weighted by atomic mass is 10.4. The molecule has 1 rings (SSSR count). The van der Waals surface area contributed by atoms with Gasteiger partial charge in [0.15, 0.2) is 5.96 Å². The molecular formula is C16H27ClIN3O2S. The fraction of sp³-hybridized carbons (Fsp3) is 0.562. The maximum atomic E-state index is 5.87. The largest absolute Gasteiger partial charge is 0.382 e. The molecule has 0 heterocycles. The van der Waals surface area contributed by atoms with Gasteiger partial charge in [0.1, 0.15) is 0 Å². The van der Waals surface area contributed by atoms with E-state index in [4.69, 9.17) is 21.1 Å². The van der Waals surface area contributed by atoms with Gasteiger partial charge >= 0.3 is 0 Å². The number of hydrogen-bond acceptors (Lipinski definition) is 4. The highest BCUT2D eigenvalue weighted by molar-refractivity contribution is 14.0. The number of ether oxygens (including phenoxy) is 2. The second kappa shape index (κ2) is 16.3. The van der Waals surface area contributed by atoms with Crippen LogP contribution in [0.2, 0.25) is 5.02 Å². The van der Waals surface area contributed by atoms with Crippen LogP contribution in [0.15, 0.2) is 34.2 Å². The van der Waals surface area contributed by atoms with Crippen LogP contribution in [-0.2, 0) is 9.47 Å². The van der Waals surface area contributed by atoms with Gasteiger partial charge in [0, 0.05) is 35.9 Å². The summed E-state index contributed by atoms with van der Waals surface area (Å²) in [6, 6.07) is 7.88. The highest BCUT2D eigenvalue weighted by Gasteiger charge is 1.98. The third-order valence-corrected chi connectivity index (χ3v) is 4.02. The van der Waals surface area contributed by atoms with Crippen LogP contribution in [0.3, 0.4) is 0 Å². The van der Waals surface area contributed by atoms with Gasteiger partial charge in [0.05, 0.1) is 26.4 Å². The fourth-order valence-corrected chi connectivity index (χ4v) is 2.57. The summed E-state index contributed by atoms with van der Waals surface area (Å²) in [7, 11) is 1.66. The Labute approximate surface area is 171 Å². The second-order valence-electron chi connectivity index (χ2n) is 4.59. The molecule has 0 fully saturated rings. The maximum absolute atomic E-state index is 5.87. The van der Waals surface area contributed by atoms with Crippen molar-refractivity contribution >= 4 is 53.3 Å². The first kappa shape index (κ1) is 23.8. The first-order chi connectivity index (χ1) is 11.3. The zero-order valence-corrected chi connectivity index (χ0v) is 18.1. The Hall–Kier alpha value is -0.220. The highest BCUT2D eigenvalue weighted by Crippen LogP contribution is 2.19. The number of guanidine groups is 1. The van der Waals surface area contributed by atoms with Crippen molar-refractivity contribution in [1.82, 2.24) is 10.6 Å². The number of halogens is 2. The summed E-state index contributed by atoms with van der Waals surface area (Å²) in [5.41, 5.74) is 0. The van der Waals surface area contributed by atoms with Crippen molar-refractivity contribution in [2.75, 3.05) is 52.3 Å². The van der Waals surface area contributed by atoms with E-state index in [0.717, 1.165) is 29.8 Å². The number of nitrogens with zero attached hydrogens (tertiary/aromatic N) is 1. The number of hydrogen-bond donors (Lipinski definition) is 2. The van der Waals surface area contributed by atoms with Crippen molar-refractivity contribution in [2.24, 2.45) is 4.99 Å². The Morgan fingerprint density at radius 2 is 1.92 bits per heavy atom. The van der Waals surface area contributed by atoms with Crippen molar-refractivity contribution in [1.29, 1.82) is 0 Å².